The molecule has 3 aromatic carbocycles. The van der Waals surface area contributed by atoms with E-state index in [2.05, 4.69) is 10.6 Å². The van der Waals surface area contributed by atoms with Crippen LogP contribution in [0.2, 0.25) is 0 Å². The summed E-state index contributed by atoms with van der Waals surface area (Å²) in [6.07, 6.45) is 2.85. The molecule has 0 saturated heterocycles. The third-order valence-corrected chi connectivity index (χ3v) is 3.53. The van der Waals surface area contributed by atoms with Crippen molar-refractivity contribution >= 4 is 28.6 Å². The van der Waals surface area contributed by atoms with Crippen molar-refractivity contribution in [1.29, 1.82) is 0 Å². The van der Waals surface area contributed by atoms with Crippen LogP contribution in [-0.2, 0) is 0 Å². The van der Waals surface area contributed by atoms with Crippen molar-refractivity contribution in [2.45, 2.75) is 0 Å². The van der Waals surface area contributed by atoms with E-state index in [1.807, 2.05) is 0 Å². The number of nitrogens with one attached hydrogen (secondary N) is 2. The van der Waals surface area contributed by atoms with Crippen molar-refractivity contribution in [3.05, 3.63) is 78.2 Å². The zero-order valence-corrected chi connectivity index (χ0v) is 12.7. The fourth-order valence-electron chi connectivity index (χ4n) is 2.38. The zero-order chi connectivity index (χ0) is 16.9. The number of phenols is 1. The Hall–Kier alpha value is -3.34. The average molecular weight is 322 g/mol. The molecule has 0 fully saturated rings. The molecule has 0 atom stereocenters. The van der Waals surface area contributed by atoms with Crippen LogP contribution in [-0.4, -0.2) is 11.1 Å². The maximum atomic E-state index is 13.5. The summed E-state index contributed by atoms with van der Waals surface area (Å²) in [7, 11) is 0. The lowest BCUT2D eigenvalue weighted by Gasteiger charge is -2.09. The van der Waals surface area contributed by atoms with Crippen molar-refractivity contribution in [3.8, 4) is 5.75 Å². The largest absolute Gasteiger partial charge is 0.507 e. The fraction of sp³-hybridized carbons (Fsp3) is 0. The van der Waals surface area contributed by atoms with Crippen LogP contribution in [0.15, 0.2) is 66.9 Å². The van der Waals surface area contributed by atoms with Gasteiger partial charge in [0.1, 0.15) is 11.6 Å². The number of hydrogen-bond donors (Lipinski definition) is 3. The van der Waals surface area contributed by atoms with Gasteiger partial charge >= 0.3 is 6.03 Å². The smallest absolute Gasteiger partial charge is 0.323 e. The normalized spacial score (nSPS) is 10.9. The van der Waals surface area contributed by atoms with Gasteiger partial charge in [-0.15, -0.1) is 0 Å². The molecule has 3 aromatic rings. The Morgan fingerprint density at radius 1 is 0.958 bits per heavy atom. The number of aromatic hydroxyl groups is 1. The third-order valence-electron chi connectivity index (χ3n) is 3.53. The first kappa shape index (κ1) is 15.6. The van der Waals surface area contributed by atoms with Crippen molar-refractivity contribution in [3.63, 3.8) is 0 Å². The van der Waals surface area contributed by atoms with E-state index in [-0.39, 0.29) is 11.6 Å². The molecule has 3 N–H and O–H groups in total. The molecule has 0 unspecified atom stereocenters. The minimum absolute atomic E-state index is 0.149. The standard InChI is InChI=1S/C19H15FN2O2/c20-16-8-2-1-5-13(16)11-12-21-19(24)22-17-9-3-7-15-14(17)6-4-10-18(15)23/h1-12,23H,(H2,21,22,24)/b12-11+. The van der Waals surface area contributed by atoms with Crippen LogP contribution in [0.1, 0.15) is 5.56 Å². The molecular weight excluding hydrogens is 307 g/mol. The number of rotatable bonds is 3. The Balaban J connectivity index is 1.72. The number of phenolic OH excluding ortho intramolecular Hbond substituents is 1. The molecule has 24 heavy (non-hydrogen) atoms. The number of urea groups is 1. The van der Waals surface area contributed by atoms with Gasteiger partial charge in [0.15, 0.2) is 0 Å². The summed E-state index contributed by atoms with van der Waals surface area (Å²) in [6.45, 7) is 0. The molecule has 2 amide bonds. The van der Waals surface area contributed by atoms with E-state index in [0.717, 1.165) is 5.39 Å². The lowest BCUT2D eigenvalue weighted by atomic mass is 10.1. The molecule has 0 bridgehead atoms. The lowest BCUT2D eigenvalue weighted by Crippen LogP contribution is -2.23. The Kier molecular flexibility index (Phi) is 4.43. The first-order chi connectivity index (χ1) is 11.6. The molecule has 0 radical (unpaired) electrons. The highest BCUT2D eigenvalue weighted by Crippen LogP contribution is 2.29. The summed E-state index contributed by atoms with van der Waals surface area (Å²) in [6, 6.07) is 16.2. The van der Waals surface area contributed by atoms with Crippen LogP contribution in [0.3, 0.4) is 0 Å². The molecule has 0 aliphatic carbocycles. The predicted octanol–water partition coefficient (Wildman–Crippen LogP) is 4.48. The van der Waals surface area contributed by atoms with E-state index in [0.29, 0.717) is 16.6 Å². The minimum Gasteiger partial charge on any atom is -0.507 e. The monoisotopic (exact) mass is 322 g/mol. The summed E-state index contributed by atoms with van der Waals surface area (Å²) in [4.78, 5) is 12.0. The van der Waals surface area contributed by atoms with Crippen molar-refractivity contribution in [1.82, 2.24) is 5.32 Å². The molecule has 0 aliphatic rings. The van der Waals surface area contributed by atoms with Crippen LogP contribution in [0.25, 0.3) is 16.8 Å². The number of amides is 2. The van der Waals surface area contributed by atoms with Crippen LogP contribution >= 0.6 is 0 Å². The van der Waals surface area contributed by atoms with Gasteiger partial charge in [0.05, 0.1) is 5.69 Å². The van der Waals surface area contributed by atoms with Gasteiger partial charge < -0.3 is 15.7 Å². The zero-order valence-electron chi connectivity index (χ0n) is 12.7. The van der Waals surface area contributed by atoms with Crippen LogP contribution < -0.4 is 10.6 Å². The molecule has 5 heteroatoms. The number of carbonyl (C=O) groups is 1. The molecule has 4 nitrogen and oxygen atoms in total. The van der Waals surface area contributed by atoms with Gasteiger partial charge in [-0.3, -0.25) is 0 Å². The third kappa shape index (κ3) is 3.35. The second-order valence-corrected chi connectivity index (χ2v) is 5.13. The van der Waals surface area contributed by atoms with E-state index in [1.54, 1.807) is 54.6 Å². The highest BCUT2D eigenvalue weighted by Gasteiger charge is 2.06. The summed E-state index contributed by atoms with van der Waals surface area (Å²) in [5, 5.41) is 16.5. The summed E-state index contributed by atoms with van der Waals surface area (Å²) in [5.41, 5.74) is 0.952. The van der Waals surface area contributed by atoms with Crippen molar-refractivity contribution in [2.75, 3.05) is 5.32 Å². The molecule has 0 aliphatic heterocycles. The van der Waals surface area contributed by atoms with E-state index in [1.165, 1.54) is 18.3 Å². The number of hydrogen-bond acceptors (Lipinski definition) is 2. The maximum Gasteiger partial charge on any atom is 0.323 e. The molecular formula is C19H15FN2O2. The quantitative estimate of drug-likeness (QED) is 0.666. The lowest BCUT2D eigenvalue weighted by molar-refractivity contribution is 0.255. The highest BCUT2D eigenvalue weighted by atomic mass is 19.1. The molecule has 3 rings (SSSR count). The molecule has 0 spiro atoms. The van der Waals surface area contributed by atoms with Gasteiger partial charge in [-0.25, -0.2) is 9.18 Å². The van der Waals surface area contributed by atoms with Crippen LogP contribution in [0, 0.1) is 5.82 Å². The number of carbonyl (C=O) groups excluding carboxylic acids is 1. The SMILES string of the molecule is O=C(N/C=C/c1ccccc1F)Nc1cccc2c(O)cccc12. The summed E-state index contributed by atoms with van der Waals surface area (Å²) in [5.74, 6) is -0.212. The molecule has 0 aromatic heterocycles. The molecule has 120 valence electrons. The molecule has 0 heterocycles. The van der Waals surface area contributed by atoms with Crippen LogP contribution in [0.4, 0.5) is 14.9 Å². The Bertz CT molecular complexity index is 922. The van der Waals surface area contributed by atoms with E-state index in [9.17, 15) is 14.3 Å². The highest BCUT2D eigenvalue weighted by molar-refractivity contribution is 6.03. The van der Waals surface area contributed by atoms with Gasteiger partial charge in [0.25, 0.3) is 0 Å². The van der Waals surface area contributed by atoms with Gasteiger partial charge in [0.2, 0.25) is 0 Å². The predicted molar refractivity (Wildman–Crippen MR) is 93.2 cm³/mol. The Morgan fingerprint density at radius 2 is 1.71 bits per heavy atom. The number of halogens is 1. The van der Waals surface area contributed by atoms with E-state index < -0.39 is 6.03 Å². The topological polar surface area (TPSA) is 61.4 Å². The minimum atomic E-state index is -0.460. The van der Waals surface area contributed by atoms with Gasteiger partial charge in [-0.1, -0.05) is 42.5 Å². The molecule has 0 saturated carbocycles. The van der Waals surface area contributed by atoms with E-state index in [4.69, 9.17) is 0 Å². The summed E-state index contributed by atoms with van der Waals surface area (Å²) >= 11 is 0. The van der Waals surface area contributed by atoms with Crippen LogP contribution in [0.5, 0.6) is 5.75 Å². The number of anilines is 1. The van der Waals surface area contributed by atoms with Gasteiger partial charge in [0, 0.05) is 22.5 Å². The maximum absolute atomic E-state index is 13.5. The van der Waals surface area contributed by atoms with E-state index >= 15 is 0 Å². The Morgan fingerprint density at radius 3 is 2.54 bits per heavy atom. The van der Waals surface area contributed by atoms with Crippen molar-refractivity contribution in [2.24, 2.45) is 0 Å². The number of fused-ring (bicyclic) bond motifs is 1. The van der Waals surface area contributed by atoms with Gasteiger partial charge in [-0.2, -0.15) is 0 Å². The Labute approximate surface area is 138 Å². The fourth-order valence-corrected chi connectivity index (χ4v) is 2.38. The number of benzene rings is 3. The second kappa shape index (κ2) is 6.83. The first-order valence-electron chi connectivity index (χ1n) is 7.34. The second-order valence-electron chi connectivity index (χ2n) is 5.13. The summed E-state index contributed by atoms with van der Waals surface area (Å²) < 4.78 is 13.5. The van der Waals surface area contributed by atoms with Gasteiger partial charge in [-0.05, 0) is 24.3 Å². The average Bonchev–Trinajstić information content (AvgIpc) is 2.58. The first-order valence-corrected chi connectivity index (χ1v) is 7.34. The van der Waals surface area contributed by atoms with Crippen molar-refractivity contribution < 1.29 is 14.3 Å².